The molecule has 0 aromatic carbocycles. The highest BCUT2D eigenvalue weighted by molar-refractivity contribution is 6.31. The Balaban J connectivity index is 3.02. The molecule has 16 heavy (non-hydrogen) atoms. The topological polar surface area (TPSA) is 58.6 Å². The van der Waals surface area contributed by atoms with Crippen LogP contribution in [-0.4, -0.2) is 23.0 Å². The van der Waals surface area contributed by atoms with Crippen molar-refractivity contribution in [3.8, 4) is 0 Å². The van der Waals surface area contributed by atoms with E-state index < -0.39 is 5.60 Å². The monoisotopic (exact) mass is 240 g/mol. The first-order chi connectivity index (χ1) is 7.41. The summed E-state index contributed by atoms with van der Waals surface area (Å²) >= 11 is 5.90. The van der Waals surface area contributed by atoms with Gasteiger partial charge in [-0.25, -0.2) is 0 Å². The fourth-order valence-electron chi connectivity index (χ4n) is 1.41. The van der Waals surface area contributed by atoms with Crippen molar-refractivity contribution in [2.45, 2.75) is 25.9 Å². The molecular formula is C12H17ClN2O. The number of halogens is 1. The van der Waals surface area contributed by atoms with Gasteiger partial charge in [-0.15, -0.1) is 0 Å². The zero-order valence-corrected chi connectivity index (χ0v) is 10.3. The number of nitrogens with two attached hydrogens (primary N) is 1. The Labute approximate surface area is 101 Å². The molecule has 0 amide bonds. The van der Waals surface area contributed by atoms with Crippen molar-refractivity contribution < 1.29 is 5.11 Å². The van der Waals surface area contributed by atoms with Gasteiger partial charge in [0.2, 0.25) is 0 Å². The van der Waals surface area contributed by atoms with Crippen molar-refractivity contribution >= 4 is 17.3 Å². The van der Waals surface area contributed by atoms with Gasteiger partial charge in [-0.2, -0.15) is 0 Å². The molecule has 0 aliphatic carbocycles. The molecule has 1 aliphatic heterocycles. The Kier molecular flexibility index (Phi) is 4.33. The summed E-state index contributed by atoms with van der Waals surface area (Å²) in [5.74, 6) is 0. The Morgan fingerprint density at radius 2 is 2.12 bits per heavy atom. The molecule has 4 heteroatoms. The van der Waals surface area contributed by atoms with Crippen LogP contribution in [0.4, 0.5) is 0 Å². The third-order valence-corrected chi connectivity index (χ3v) is 2.42. The van der Waals surface area contributed by atoms with E-state index in [1.54, 1.807) is 26.0 Å². The second kappa shape index (κ2) is 5.32. The van der Waals surface area contributed by atoms with E-state index >= 15 is 0 Å². The van der Waals surface area contributed by atoms with Gasteiger partial charge in [0.25, 0.3) is 0 Å². The third-order valence-electron chi connectivity index (χ3n) is 2.14. The Hall–Kier alpha value is -1.06. The lowest BCUT2D eigenvalue weighted by atomic mass is 9.99. The largest absolute Gasteiger partial charge is 0.397 e. The van der Waals surface area contributed by atoms with Gasteiger partial charge in [-0.1, -0.05) is 29.8 Å². The minimum absolute atomic E-state index is 0.456. The molecule has 0 atom stereocenters. The quantitative estimate of drug-likeness (QED) is 0.738. The summed E-state index contributed by atoms with van der Waals surface area (Å²) in [5.41, 5.74) is 5.87. The van der Waals surface area contributed by atoms with Crippen molar-refractivity contribution in [2.75, 3.05) is 6.54 Å². The average molecular weight is 241 g/mol. The predicted molar refractivity (Wildman–Crippen MR) is 68.6 cm³/mol. The number of aliphatic hydroxyl groups is 1. The van der Waals surface area contributed by atoms with E-state index in [1.807, 2.05) is 12.2 Å². The van der Waals surface area contributed by atoms with Crippen molar-refractivity contribution in [2.24, 2.45) is 10.7 Å². The summed E-state index contributed by atoms with van der Waals surface area (Å²) in [6.45, 7) is 3.80. The SMILES string of the molecule is CC(C)(O)C1=NC/C=C\C(Cl)=C/C/C=C\1N. The highest BCUT2D eigenvalue weighted by Gasteiger charge is 2.22. The first-order valence-electron chi connectivity index (χ1n) is 5.17. The van der Waals surface area contributed by atoms with Crippen molar-refractivity contribution in [3.63, 3.8) is 0 Å². The van der Waals surface area contributed by atoms with Crippen LogP contribution < -0.4 is 5.73 Å². The maximum atomic E-state index is 9.93. The van der Waals surface area contributed by atoms with Gasteiger partial charge >= 0.3 is 0 Å². The van der Waals surface area contributed by atoms with Crippen LogP contribution in [-0.2, 0) is 0 Å². The molecule has 1 heterocycles. The van der Waals surface area contributed by atoms with E-state index in [0.717, 1.165) is 0 Å². The maximum Gasteiger partial charge on any atom is 0.103 e. The standard InChI is InChI=1S/C12H17ClN2O/c1-12(2,16)11-10(14)7-3-5-9(13)6-4-8-15-11/h4-7,16H,3,8,14H2,1-2H3/b6-4-,9-5+,10-7+,15-11?. The number of allylic oxidation sites excluding steroid dienone is 4. The summed E-state index contributed by atoms with van der Waals surface area (Å²) in [6, 6.07) is 0. The van der Waals surface area contributed by atoms with E-state index in [9.17, 15) is 5.11 Å². The van der Waals surface area contributed by atoms with Crippen molar-refractivity contribution in [1.29, 1.82) is 0 Å². The van der Waals surface area contributed by atoms with E-state index in [0.29, 0.717) is 29.4 Å². The van der Waals surface area contributed by atoms with E-state index in [-0.39, 0.29) is 0 Å². The van der Waals surface area contributed by atoms with E-state index in [2.05, 4.69) is 4.99 Å². The summed E-state index contributed by atoms with van der Waals surface area (Å²) in [7, 11) is 0. The Morgan fingerprint density at radius 3 is 2.75 bits per heavy atom. The van der Waals surface area contributed by atoms with Gasteiger partial charge in [0, 0.05) is 5.03 Å². The van der Waals surface area contributed by atoms with Gasteiger partial charge in [-0.05, 0) is 26.3 Å². The second-order valence-corrected chi connectivity index (χ2v) is 4.57. The van der Waals surface area contributed by atoms with Crippen molar-refractivity contribution in [1.82, 2.24) is 0 Å². The smallest absolute Gasteiger partial charge is 0.103 e. The van der Waals surface area contributed by atoms with Crippen LogP contribution in [0.3, 0.4) is 0 Å². The molecule has 3 nitrogen and oxygen atoms in total. The van der Waals surface area contributed by atoms with Crippen LogP contribution in [0, 0.1) is 0 Å². The number of aliphatic imine (C=N–C) groups is 1. The molecular weight excluding hydrogens is 224 g/mol. The minimum atomic E-state index is -1.03. The lowest BCUT2D eigenvalue weighted by Crippen LogP contribution is -2.35. The fraction of sp³-hybridized carbons (Fsp3) is 0.417. The summed E-state index contributed by atoms with van der Waals surface area (Å²) in [5, 5.41) is 10.6. The molecule has 0 radical (unpaired) electrons. The van der Waals surface area contributed by atoms with Crippen LogP contribution in [0.15, 0.2) is 40.0 Å². The van der Waals surface area contributed by atoms with Crippen molar-refractivity contribution in [3.05, 3.63) is 35.0 Å². The normalized spacial score (nSPS) is 27.1. The first-order valence-corrected chi connectivity index (χ1v) is 5.54. The summed E-state index contributed by atoms with van der Waals surface area (Å²) in [4.78, 5) is 4.27. The molecule has 0 unspecified atom stereocenters. The second-order valence-electron chi connectivity index (χ2n) is 4.13. The van der Waals surface area contributed by atoms with Gasteiger partial charge in [0.05, 0.1) is 18.0 Å². The molecule has 0 aromatic heterocycles. The van der Waals surface area contributed by atoms with Crippen LogP contribution in [0.5, 0.6) is 0 Å². The number of hydrogen-bond donors (Lipinski definition) is 2. The zero-order chi connectivity index (χ0) is 12.2. The summed E-state index contributed by atoms with van der Waals surface area (Å²) in [6.07, 6.45) is 7.92. The van der Waals surface area contributed by atoms with Gasteiger partial charge in [0.15, 0.2) is 0 Å². The molecule has 0 fully saturated rings. The molecule has 0 saturated carbocycles. The molecule has 88 valence electrons. The number of hydrogen-bond acceptors (Lipinski definition) is 3. The Bertz CT molecular complexity index is 373. The highest BCUT2D eigenvalue weighted by atomic mass is 35.5. The first kappa shape index (κ1) is 13.0. The molecule has 0 spiro atoms. The molecule has 3 N–H and O–H groups in total. The van der Waals surface area contributed by atoms with Crippen LogP contribution in [0.1, 0.15) is 20.3 Å². The molecule has 0 bridgehead atoms. The highest BCUT2D eigenvalue weighted by Crippen LogP contribution is 2.13. The van der Waals surface area contributed by atoms with Gasteiger partial charge < -0.3 is 10.8 Å². The predicted octanol–water partition coefficient (Wildman–Crippen LogP) is 2.12. The van der Waals surface area contributed by atoms with E-state index in [4.69, 9.17) is 17.3 Å². The van der Waals surface area contributed by atoms with Crippen LogP contribution >= 0.6 is 11.6 Å². The fourth-order valence-corrected chi connectivity index (χ4v) is 1.59. The maximum absolute atomic E-state index is 9.93. The zero-order valence-electron chi connectivity index (χ0n) is 9.57. The Morgan fingerprint density at radius 1 is 1.44 bits per heavy atom. The lowest BCUT2D eigenvalue weighted by Gasteiger charge is -2.20. The lowest BCUT2D eigenvalue weighted by molar-refractivity contribution is 0.154. The molecule has 0 aromatic rings. The minimum Gasteiger partial charge on any atom is -0.397 e. The average Bonchev–Trinajstić information content (AvgIpc) is 2.15. The van der Waals surface area contributed by atoms with Gasteiger partial charge in [-0.3, -0.25) is 4.99 Å². The van der Waals surface area contributed by atoms with Gasteiger partial charge in [0.1, 0.15) is 5.60 Å². The third kappa shape index (κ3) is 3.83. The molecule has 1 rings (SSSR count). The van der Waals surface area contributed by atoms with Crippen LogP contribution in [0.25, 0.3) is 0 Å². The molecule has 0 saturated heterocycles. The van der Waals surface area contributed by atoms with E-state index in [1.165, 1.54) is 0 Å². The number of rotatable bonds is 1. The molecule has 1 aliphatic rings. The van der Waals surface area contributed by atoms with Crippen LogP contribution in [0.2, 0.25) is 0 Å². The number of nitrogens with zero attached hydrogens (tertiary/aromatic N) is 1. The summed E-state index contributed by atoms with van der Waals surface area (Å²) < 4.78 is 0.